The van der Waals surface area contributed by atoms with Crippen LogP contribution in [0.15, 0.2) is 18.3 Å². The van der Waals surface area contributed by atoms with Crippen molar-refractivity contribution in [1.29, 1.82) is 0 Å². The lowest BCUT2D eigenvalue weighted by Crippen LogP contribution is -2.17. The molecule has 0 saturated heterocycles. The van der Waals surface area contributed by atoms with E-state index in [4.69, 9.17) is 4.74 Å². The standard InChI is InChI=1S/C20H30N4O2/c1-13(2)11-26-19(25)18-15(8-9-17(21-7)23-18)16-10-22-24(14(16)3)12-20(4,5)6/h8-10,13H,11-12H2,1-7H3,(H,21,23). The van der Waals surface area contributed by atoms with Gasteiger partial charge in [0.15, 0.2) is 5.69 Å². The largest absolute Gasteiger partial charge is 0.461 e. The number of hydrogen-bond donors (Lipinski definition) is 1. The molecule has 0 atom stereocenters. The van der Waals surface area contributed by atoms with E-state index in [1.54, 1.807) is 13.2 Å². The van der Waals surface area contributed by atoms with Crippen molar-refractivity contribution in [3.8, 4) is 11.1 Å². The summed E-state index contributed by atoms with van der Waals surface area (Å²) in [6.45, 7) is 13.7. The second kappa shape index (κ2) is 7.89. The highest BCUT2D eigenvalue weighted by molar-refractivity contribution is 5.96. The molecule has 6 heteroatoms. The fourth-order valence-corrected chi connectivity index (χ4v) is 2.60. The molecule has 0 aliphatic carbocycles. The number of esters is 1. The number of nitrogens with zero attached hydrogens (tertiary/aromatic N) is 3. The zero-order chi connectivity index (χ0) is 19.5. The number of anilines is 1. The topological polar surface area (TPSA) is 69.0 Å². The maximum atomic E-state index is 12.6. The molecule has 0 fully saturated rings. The van der Waals surface area contributed by atoms with Crippen LogP contribution in [0.1, 0.15) is 50.8 Å². The normalized spacial score (nSPS) is 11.7. The van der Waals surface area contributed by atoms with Crippen LogP contribution in [0, 0.1) is 18.3 Å². The van der Waals surface area contributed by atoms with Gasteiger partial charge in [0, 0.05) is 30.4 Å². The van der Waals surface area contributed by atoms with E-state index in [0.717, 1.165) is 23.4 Å². The predicted molar refractivity (Wildman–Crippen MR) is 104 cm³/mol. The number of aromatic nitrogens is 3. The summed E-state index contributed by atoms with van der Waals surface area (Å²) >= 11 is 0. The summed E-state index contributed by atoms with van der Waals surface area (Å²) in [6.07, 6.45) is 1.80. The van der Waals surface area contributed by atoms with Crippen molar-refractivity contribution < 1.29 is 9.53 Å². The molecule has 6 nitrogen and oxygen atoms in total. The van der Waals surface area contributed by atoms with Crippen LogP contribution in [0.3, 0.4) is 0 Å². The maximum Gasteiger partial charge on any atom is 0.357 e. The zero-order valence-electron chi connectivity index (χ0n) is 16.9. The Balaban J connectivity index is 2.44. The average Bonchev–Trinajstić information content (AvgIpc) is 2.91. The fourth-order valence-electron chi connectivity index (χ4n) is 2.60. The summed E-state index contributed by atoms with van der Waals surface area (Å²) in [7, 11) is 1.78. The van der Waals surface area contributed by atoms with Crippen molar-refractivity contribution in [3.63, 3.8) is 0 Å². The van der Waals surface area contributed by atoms with E-state index in [9.17, 15) is 4.79 Å². The van der Waals surface area contributed by atoms with Crippen LogP contribution < -0.4 is 5.32 Å². The minimum atomic E-state index is -0.409. The first-order valence-corrected chi connectivity index (χ1v) is 9.01. The van der Waals surface area contributed by atoms with E-state index >= 15 is 0 Å². The molecule has 2 rings (SSSR count). The first-order valence-electron chi connectivity index (χ1n) is 9.01. The Morgan fingerprint density at radius 1 is 1.27 bits per heavy atom. The molecular formula is C20H30N4O2. The van der Waals surface area contributed by atoms with Crippen molar-refractivity contribution in [3.05, 3.63) is 29.7 Å². The van der Waals surface area contributed by atoms with Gasteiger partial charge >= 0.3 is 5.97 Å². The summed E-state index contributed by atoms with van der Waals surface area (Å²) < 4.78 is 7.40. The molecule has 0 unspecified atom stereocenters. The summed E-state index contributed by atoms with van der Waals surface area (Å²) in [5.74, 6) is 0.491. The average molecular weight is 358 g/mol. The lowest BCUT2D eigenvalue weighted by molar-refractivity contribution is 0.0453. The minimum absolute atomic E-state index is 0.112. The van der Waals surface area contributed by atoms with Crippen LogP contribution in [0.25, 0.3) is 11.1 Å². The molecule has 0 spiro atoms. The molecule has 0 aromatic carbocycles. The number of hydrogen-bond acceptors (Lipinski definition) is 5. The Labute approximate surface area is 156 Å². The number of pyridine rings is 1. The summed E-state index contributed by atoms with van der Waals surface area (Å²) in [5, 5.41) is 7.49. The van der Waals surface area contributed by atoms with E-state index in [-0.39, 0.29) is 11.3 Å². The number of carbonyl (C=O) groups excluding carboxylic acids is 1. The Hall–Kier alpha value is -2.37. The lowest BCUT2D eigenvalue weighted by atomic mass is 9.97. The second-order valence-electron chi connectivity index (χ2n) is 8.20. The monoisotopic (exact) mass is 358 g/mol. The van der Waals surface area contributed by atoms with Crippen molar-refractivity contribution >= 4 is 11.8 Å². The third-order valence-corrected chi connectivity index (χ3v) is 3.91. The van der Waals surface area contributed by atoms with Gasteiger partial charge in [0.25, 0.3) is 0 Å². The number of rotatable bonds is 6. The maximum absolute atomic E-state index is 12.6. The quantitative estimate of drug-likeness (QED) is 0.786. The van der Waals surface area contributed by atoms with Gasteiger partial charge in [-0.2, -0.15) is 5.10 Å². The molecule has 0 aliphatic heterocycles. The van der Waals surface area contributed by atoms with E-state index in [1.807, 2.05) is 37.6 Å². The minimum Gasteiger partial charge on any atom is -0.461 e. The molecule has 142 valence electrons. The molecule has 0 bridgehead atoms. The van der Waals surface area contributed by atoms with Gasteiger partial charge in [-0.25, -0.2) is 9.78 Å². The SMILES string of the molecule is CNc1ccc(-c2cnn(CC(C)(C)C)c2C)c(C(=O)OCC(C)C)n1. The van der Waals surface area contributed by atoms with Crippen LogP contribution in [-0.2, 0) is 11.3 Å². The van der Waals surface area contributed by atoms with Crippen LogP contribution >= 0.6 is 0 Å². The first-order chi connectivity index (χ1) is 12.1. The molecule has 0 radical (unpaired) electrons. The van der Waals surface area contributed by atoms with Gasteiger partial charge in [-0.05, 0) is 30.4 Å². The Kier molecular flexibility index (Phi) is 6.05. The van der Waals surface area contributed by atoms with Gasteiger partial charge in [0.2, 0.25) is 0 Å². The van der Waals surface area contributed by atoms with Gasteiger partial charge < -0.3 is 10.1 Å². The van der Waals surface area contributed by atoms with Crippen molar-refractivity contribution in [2.75, 3.05) is 19.0 Å². The van der Waals surface area contributed by atoms with Crippen LogP contribution in [0.5, 0.6) is 0 Å². The molecule has 1 N–H and O–H groups in total. The van der Waals surface area contributed by atoms with E-state index < -0.39 is 5.97 Å². The van der Waals surface area contributed by atoms with E-state index in [2.05, 4.69) is 36.2 Å². The van der Waals surface area contributed by atoms with Gasteiger partial charge in [-0.1, -0.05) is 34.6 Å². The van der Waals surface area contributed by atoms with Crippen molar-refractivity contribution in [2.45, 2.75) is 48.1 Å². The molecule has 0 saturated carbocycles. The lowest BCUT2D eigenvalue weighted by Gasteiger charge is -2.19. The van der Waals surface area contributed by atoms with Gasteiger partial charge in [0.1, 0.15) is 5.82 Å². The smallest absolute Gasteiger partial charge is 0.357 e. The Bertz CT molecular complexity index is 773. The highest BCUT2D eigenvalue weighted by Crippen LogP contribution is 2.29. The zero-order valence-corrected chi connectivity index (χ0v) is 16.9. The van der Waals surface area contributed by atoms with E-state index in [0.29, 0.717) is 18.1 Å². The second-order valence-corrected chi connectivity index (χ2v) is 8.20. The molecule has 26 heavy (non-hydrogen) atoms. The Morgan fingerprint density at radius 2 is 1.96 bits per heavy atom. The fraction of sp³-hybridized carbons (Fsp3) is 0.550. The number of carbonyl (C=O) groups is 1. The van der Waals surface area contributed by atoms with Gasteiger partial charge in [-0.15, -0.1) is 0 Å². The molecular weight excluding hydrogens is 328 g/mol. The van der Waals surface area contributed by atoms with Gasteiger partial charge in [0.05, 0.1) is 12.8 Å². The highest BCUT2D eigenvalue weighted by atomic mass is 16.5. The predicted octanol–water partition coefficient (Wildman–Crippen LogP) is 4.15. The highest BCUT2D eigenvalue weighted by Gasteiger charge is 2.22. The summed E-state index contributed by atoms with van der Waals surface area (Å²) in [6, 6.07) is 3.76. The van der Waals surface area contributed by atoms with Crippen LogP contribution in [-0.4, -0.2) is 34.4 Å². The van der Waals surface area contributed by atoms with E-state index in [1.165, 1.54) is 0 Å². The van der Waals surface area contributed by atoms with Crippen LogP contribution in [0.4, 0.5) is 5.82 Å². The third-order valence-electron chi connectivity index (χ3n) is 3.91. The molecule has 2 aromatic rings. The molecule has 0 aliphatic rings. The van der Waals surface area contributed by atoms with Gasteiger partial charge in [-0.3, -0.25) is 4.68 Å². The summed E-state index contributed by atoms with van der Waals surface area (Å²) in [4.78, 5) is 17.1. The van der Waals surface area contributed by atoms with Crippen molar-refractivity contribution in [2.24, 2.45) is 11.3 Å². The van der Waals surface area contributed by atoms with Crippen LogP contribution in [0.2, 0.25) is 0 Å². The molecule has 2 heterocycles. The van der Waals surface area contributed by atoms with Crippen molar-refractivity contribution in [1.82, 2.24) is 14.8 Å². The summed E-state index contributed by atoms with van der Waals surface area (Å²) in [5.41, 5.74) is 3.09. The Morgan fingerprint density at radius 3 is 2.54 bits per heavy atom. The first kappa shape index (κ1) is 19.9. The number of ether oxygens (including phenoxy) is 1. The molecule has 2 aromatic heterocycles. The number of nitrogens with one attached hydrogen (secondary N) is 1. The molecule has 0 amide bonds. The third kappa shape index (κ3) is 4.84.